The fraction of sp³-hybridized carbons (Fsp3) is 0.556. The van der Waals surface area contributed by atoms with E-state index in [0.29, 0.717) is 25.3 Å². The lowest BCUT2D eigenvalue weighted by atomic mass is 10.2. The summed E-state index contributed by atoms with van der Waals surface area (Å²) < 4.78 is 1.59. The molecule has 0 aromatic carbocycles. The van der Waals surface area contributed by atoms with Gasteiger partial charge in [0.2, 0.25) is 0 Å². The van der Waals surface area contributed by atoms with Crippen LogP contribution in [0.25, 0.3) is 0 Å². The number of amides is 1. The highest BCUT2D eigenvalue weighted by Crippen LogP contribution is 2.17. The number of hydrogen-bond donors (Lipinski definition) is 1. The van der Waals surface area contributed by atoms with Crippen molar-refractivity contribution in [2.75, 3.05) is 32.7 Å². The average molecular weight is 356 g/mol. The molecule has 1 N–H and O–H groups in total. The van der Waals surface area contributed by atoms with Crippen molar-refractivity contribution >= 4 is 5.91 Å². The first-order valence-corrected chi connectivity index (χ1v) is 9.24. The first kappa shape index (κ1) is 17.0. The van der Waals surface area contributed by atoms with Crippen LogP contribution in [0.4, 0.5) is 0 Å². The molecule has 3 heterocycles. The number of aromatic nitrogens is 4. The van der Waals surface area contributed by atoms with E-state index in [1.807, 2.05) is 11.8 Å². The van der Waals surface area contributed by atoms with Crippen LogP contribution in [0.5, 0.6) is 0 Å². The minimum atomic E-state index is -0.0227. The Morgan fingerprint density at radius 3 is 2.69 bits per heavy atom. The SMILES string of the molecule is Cc1cc(C(=O)N2CCN(CCn3nc4c(cc3=O)CCC4)CC2)n[nH]1. The van der Waals surface area contributed by atoms with Gasteiger partial charge in [0.05, 0.1) is 12.2 Å². The van der Waals surface area contributed by atoms with Gasteiger partial charge >= 0.3 is 0 Å². The predicted octanol–water partition coefficient (Wildman–Crippen LogP) is 0.222. The smallest absolute Gasteiger partial charge is 0.274 e. The molecule has 0 radical (unpaired) electrons. The Bertz CT molecular complexity index is 863. The number of nitrogens with one attached hydrogen (secondary N) is 1. The summed E-state index contributed by atoms with van der Waals surface area (Å²) in [7, 11) is 0. The van der Waals surface area contributed by atoms with E-state index >= 15 is 0 Å². The molecule has 8 nitrogen and oxygen atoms in total. The number of nitrogens with zero attached hydrogens (tertiary/aromatic N) is 5. The van der Waals surface area contributed by atoms with E-state index in [1.54, 1.807) is 16.8 Å². The second-order valence-electron chi connectivity index (χ2n) is 7.10. The third kappa shape index (κ3) is 3.41. The predicted molar refractivity (Wildman–Crippen MR) is 96.2 cm³/mol. The second-order valence-corrected chi connectivity index (χ2v) is 7.10. The maximum Gasteiger partial charge on any atom is 0.274 e. The number of aromatic amines is 1. The van der Waals surface area contributed by atoms with Crippen LogP contribution in [-0.4, -0.2) is 68.4 Å². The van der Waals surface area contributed by atoms with Crippen LogP contribution in [0.1, 0.15) is 33.9 Å². The van der Waals surface area contributed by atoms with Crippen molar-refractivity contribution in [3.8, 4) is 0 Å². The van der Waals surface area contributed by atoms with E-state index in [2.05, 4.69) is 20.2 Å². The number of piperazine rings is 1. The number of rotatable bonds is 4. The van der Waals surface area contributed by atoms with Gasteiger partial charge in [0.15, 0.2) is 0 Å². The molecule has 1 amide bonds. The largest absolute Gasteiger partial charge is 0.335 e. The zero-order chi connectivity index (χ0) is 18.1. The van der Waals surface area contributed by atoms with Gasteiger partial charge in [-0.15, -0.1) is 0 Å². The molecule has 1 saturated heterocycles. The van der Waals surface area contributed by atoms with Crippen LogP contribution in [0.3, 0.4) is 0 Å². The molecule has 0 atom stereocenters. The molecule has 0 unspecified atom stereocenters. The molecule has 0 bridgehead atoms. The maximum absolute atomic E-state index is 12.4. The number of fused-ring (bicyclic) bond motifs is 1. The van der Waals surface area contributed by atoms with Gasteiger partial charge in [-0.05, 0) is 37.8 Å². The number of carbonyl (C=O) groups is 1. The van der Waals surface area contributed by atoms with Gasteiger partial charge in [-0.25, -0.2) is 4.68 Å². The maximum atomic E-state index is 12.4. The van der Waals surface area contributed by atoms with Crippen molar-refractivity contribution in [1.29, 1.82) is 0 Å². The van der Waals surface area contributed by atoms with Gasteiger partial charge in [-0.3, -0.25) is 19.6 Å². The Morgan fingerprint density at radius 2 is 1.96 bits per heavy atom. The van der Waals surface area contributed by atoms with E-state index in [1.165, 1.54) is 0 Å². The number of H-pyrrole nitrogens is 1. The molecule has 8 heteroatoms. The van der Waals surface area contributed by atoms with Gasteiger partial charge in [0.25, 0.3) is 11.5 Å². The zero-order valence-electron chi connectivity index (χ0n) is 15.1. The molecule has 4 rings (SSSR count). The van der Waals surface area contributed by atoms with Gasteiger partial charge < -0.3 is 4.90 Å². The Balaban J connectivity index is 1.30. The Hall–Kier alpha value is -2.48. The first-order valence-electron chi connectivity index (χ1n) is 9.24. The highest BCUT2D eigenvalue weighted by atomic mass is 16.2. The number of carbonyl (C=O) groups excluding carboxylic acids is 1. The van der Waals surface area contributed by atoms with Crippen LogP contribution in [0.2, 0.25) is 0 Å². The van der Waals surface area contributed by atoms with Crippen LogP contribution < -0.4 is 5.56 Å². The van der Waals surface area contributed by atoms with Crippen molar-refractivity contribution in [2.24, 2.45) is 0 Å². The molecule has 2 aromatic rings. The molecule has 1 fully saturated rings. The summed E-state index contributed by atoms with van der Waals surface area (Å²) in [6.45, 7) is 6.21. The lowest BCUT2D eigenvalue weighted by Gasteiger charge is -2.34. The summed E-state index contributed by atoms with van der Waals surface area (Å²) >= 11 is 0. The van der Waals surface area contributed by atoms with Gasteiger partial charge in [-0.1, -0.05) is 0 Å². The van der Waals surface area contributed by atoms with Crippen molar-refractivity contribution in [2.45, 2.75) is 32.7 Å². The average Bonchev–Trinajstić information content (AvgIpc) is 3.28. The summed E-state index contributed by atoms with van der Waals surface area (Å²) in [4.78, 5) is 28.7. The van der Waals surface area contributed by atoms with E-state index in [9.17, 15) is 9.59 Å². The van der Waals surface area contributed by atoms with Gasteiger partial charge in [-0.2, -0.15) is 10.2 Å². The quantitative estimate of drug-likeness (QED) is 0.847. The summed E-state index contributed by atoms with van der Waals surface area (Å²) in [5, 5.41) is 11.4. The van der Waals surface area contributed by atoms with Crippen molar-refractivity contribution in [3.05, 3.63) is 45.1 Å². The van der Waals surface area contributed by atoms with E-state index in [0.717, 1.165) is 55.8 Å². The zero-order valence-corrected chi connectivity index (χ0v) is 15.1. The highest BCUT2D eigenvalue weighted by Gasteiger charge is 2.23. The number of aryl methyl sites for hydroxylation is 3. The molecular weight excluding hydrogens is 332 g/mol. The third-order valence-electron chi connectivity index (χ3n) is 5.24. The van der Waals surface area contributed by atoms with Crippen LogP contribution in [-0.2, 0) is 19.4 Å². The molecule has 2 aromatic heterocycles. The van der Waals surface area contributed by atoms with E-state index in [4.69, 9.17) is 0 Å². The van der Waals surface area contributed by atoms with Gasteiger partial charge in [0.1, 0.15) is 5.69 Å². The van der Waals surface area contributed by atoms with Crippen molar-refractivity contribution in [1.82, 2.24) is 29.8 Å². The van der Waals surface area contributed by atoms with E-state index in [-0.39, 0.29) is 11.5 Å². The normalized spacial score (nSPS) is 17.5. The second kappa shape index (κ2) is 7.03. The lowest BCUT2D eigenvalue weighted by Crippen LogP contribution is -2.49. The summed E-state index contributed by atoms with van der Waals surface area (Å²) in [5.74, 6) is -0.0227. The third-order valence-corrected chi connectivity index (χ3v) is 5.24. The van der Waals surface area contributed by atoms with E-state index < -0.39 is 0 Å². The van der Waals surface area contributed by atoms with Crippen LogP contribution in [0, 0.1) is 6.92 Å². The Kier molecular flexibility index (Phi) is 4.58. The summed E-state index contributed by atoms with van der Waals surface area (Å²) in [6, 6.07) is 3.53. The highest BCUT2D eigenvalue weighted by molar-refractivity contribution is 5.92. The minimum Gasteiger partial charge on any atom is -0.335 e. The molecule has 1 aliphatic carbocycles. The molecule has 138 valence electrons. The molecule has 26 heavy (non-hydrogen) atoms. The Labute approximate surface area is 151 Å². The fourth-order valence-electron chi connectivity index (χ4n) is 3.70. The molecular formula is C18H24N6O2. The molecule has 2 aliphatic rings. The summed E-state index contributed by atoms with van der Waals surface area (Å²) in [5.41, 5.74) is 3.55. The minimum absolute atomic E-state index is 0.00614. The van der Waals surface area contributed by atoms with Crippen LogP contribution >= 0.6 is 0 Å². The van der Waals surface area contributed by atoms with Gasteiger partial charge in [0, 0.05) is 44.5 Å². The Morgan fingerprint density at radius 1 is 1.15 bits per heavy atom. The lowest BCUT2D eigenvalue weighted by molar-refractivity contribution is 0.0625. The topological polar surface area (TPSA) is 87.1 Å². The molecule has 0 saturated carbocycles. The first-order chi connectivity index (χ1) is 12.6. The molecule has 1 aliphatic heterocycles. The monoisotopic (exact) mass is 356 g/mol. The van der Waals surface area contributed by atoms with Crippen LogP contribution in [0.15, 0.2) is 16.9 Å². The number of hydrogen-bond acceptors (Lipinski definition) is 5. The standard InChI is InChI=1S/C18H24N6O2/c1-13-11-16(20-19-13)18(26)23-8-5-22(6-9-23)7-10-24-17(25)12-14-3-2-4-15(14)21-24/h11-12H,2-10H2,1H3,(H,19,20). The summed E-state index contributed by atoms with van der Waals surface area (Å²) in [6.07, 6.45) is 3.05. The van der Waals surface area contributed by atoms with Crippen molar-refractivity contribution in [3.63, 3.8) is 0 Å². The van der Waals surface area contributed by atoms with Crippen molar-refractivity contribution < 1.29 is 4.79 Å². The molecule has 0 spiro atoms. The fourth-order valence-corrected chi connectivity index (χ4v) is 3.70.